The number of carbonyl (C=O) groups is 2. The highest BCUT2D eigenvalue weighted by Gasteiger charge is 2.32. The van der Waals surface area contributed by atoms with Crippen LogP contribution in [0.3, 0.4) is 0 Å². The van der Waals surface area contributed by atoms with Gasteiger partial charge in [-0.2, -0.15) is 0 Å². The van der Waals surface area contributed by atoms with Gasteiger partial charge in [-0.25, -0.2) is 4.79 Å². The topological polar surface area (TPSA) is 105 Å². The third kappa shape index (κ3) is 5.67. The van der Waals surface area contributed by atoms with Crippen LogP contribution in [0.2, 0.25) is 0 Å². The van der Waals surface area contributed by atoms with Crippen LogP contribution in [0.25, 0.3) is 0 Å². The Morgan fingerprint density at radius 2 is 2.04 bits per heavy atom. The molecule has 1 aromatic carbocycles. The fourth-order valence-corrected chi connectivity index (χ4v) is 2.89. The molecule has 0 atom stereocenters. The van der Waals surface area contributed by atoms with Crippen LogP contribution < -0.4 is 21.7 Å². The van der Waals surface area contributed by atoms with Crippen molar-refractivity contribution in [3.05, 3.63) is 29.8 Å². The molecule has 0 aliphatic carbocycles. The van der Waals surface area contributed by atoms with Gasteiger partial charge in [0, 0.05) is 30.3 Å². The molecule has 134 valence electrons. The quantitative estimate of drug-likeness (QED) is 0.617. The van der Waals surface area contributed by atoms with E-state index in [4.69, 9.17) is 10.5 Å². The van der Waals surface area contributed by atoms with E-state index >= 15 is 0 Å². The van der Waals surface area contributed by atoms with Gasteiger partial charge in [0.15, 0.2) is 0 Å². The number of urea groups is 1. The summed E-state index contributed by atoms with van der Waals surface area (Å²) in [5, 5.41) is 8.77. The summed E-state index contributed by atoms with van der Waals surface area (Å²) < 4.78 is 5.35. The zero-order valence-corrected chi connectivity index (χ0v) is 14.6. The third-order valence-corrected chi connectivity index (χ3v) is 4.13. The van der Waals surface area contributed by atoms with Crippen LogP contribution in [-0.4, -0.2) is 45.3 Å². The van der Waals surface area contributed by atoms with Crippen LogP contribution in [0.15, 0.2) is 24.3 Å². The molecular formula is C16H25ClN4O3. The average Bonchev–Trinajstić information content (AvgIpc) is 2.53. The van der Waals surface area contributed by atoms with Gasteiger partial charge < -0.3 is 26.4 Å². The zero-order valence-electron chi connectivity index (χ0n) is 13.8. The zero-order chi connectivity index (χ0) is 16.7. The van der Waals surface area contributed by atoms with E-state index in [1.165, 1.54) is 0 Å². The molecule has 1 aromatic rings. The molecule has 0 unspecified atom stereocenters. The van der Waals surface area contributed by atoms with Gasteiger partial charge in [-0.15, -0.1) is 12.4 Å². The molecule has 0 saturated carbocycles. The van der Waals surface area contributed by atoms with E-state index in [1.54, 1.807) is 31.4 Å². The molecule has 1 aliphatic heterocycles. The van der Waals surface area contributed by atoms with Crippen molar-refractivity contribution in [1.29, 1.82) is 0 Å². The van der Waals surface area contributed by atoms with E-state index in [0.717, 1.165) is 25.9 Å². The molecule has 1 aliphatic rings. The van der Waals surface area contributed by atoms with E-state index in [1.807, 2.05) is 0 Å². The number of hydrogen-bond donors (Lipinski definition) is 4. The Bertz CT molecular complexity index is 556. The lowest BCUT2D eigenvalue weighted by Crippen LogP contribution is -2.47. The van der Waals surface area contributed by atoms with Crippen molar-refractivity contribution >= 4 is 30.0 Å². The van der Waals surface area contributed by atoms with Crippen LogP contribution in [0.5, 0.6) is 0 Å². The van der Waals surface area contributed by atoms with Gasteiger partial charge >= 0.3 is 6.03 Å². The lowest BCUT2D eigenvalue weighted by atomic mass is 9.79. The number of ether oxygens (including phenoxy) is 1. The Labute approximate surface area is 148 Å². The molecular weight excluding hydrogens is 332 g/mol. The molecule has 1 fully saturated rings. The van der Waals surface area contributed by atoms with E-state index in [9.17, 15) is 9.59 Å². The second-order valence-electron chi connectivity index (χ2n) is 5.94. The maximum Gasteiger partial charge on any atom is 0.316 e. The lowest BCUT2D eigenvalue weighted by molar-refractivity contribution is 0.0512. The standard InChI is InChI=1S/C16H24N4O3.ClH/c1-23-11-16(5-7-18-8-6-16)10-19-14(21)12-3-2-4-13(9-12)20-15(17)22;/h2-4,9,18H,5-8,10-11H2,1H3,(H,19,21)(H3,17,20,22);1H. The maximum absolute atomic E-state index is 12.4. The van der Waals surface area contributed by atoms with Crippen molar-refractivity contribution in [2.75, 3.05) is 38.7 Å². The molecule has 7 nitrogen and oxygen atoms in total. The van der Waals surface area contributed by atoms with Crippen LogP contribution in [0, 0.1) is 5.41 Å². The summed E-state index contributed by atoms with van der Waals surface area (Å²) in [7, 11) is 1.69. The van der Waals surface area contributed by atoms with Gasteiger partial charge in [0.2, 0.25) is 0 Å². The smallest absolute Gasteiger partial charge is 0.316 e. The first-order valence-electron chi connectivity index (χ1n) is 7.69. The molecule has 0 radical (unpaired) electrons. The molecule has 0 bridgehead atoms. The lowest BCUT2D eigenvalue weighted by Gasteiger charge is -2.37. The minimum absolute atomic E-state index is 0. The van der Waals surface area contributed by atoms with Crippen molar-refractivity contribution in [2.24, 2.45) is 11.1 Å². The largest absolute Gasteiger partial charge is 0.384 e. The number of rotatable bonds is 6. The summed E-state index contributed by atoms with van der Waals surface area (Å²) in [6, 6.07) is 6.03. The number of piperidine rings is 1. The van der Waals surface area contributed by atoms with Crippen LogP contribution in [0.4, 0.5) is 10.5 Å². The predicted molar refractivity (Wildman–Crippen MR) is 95.6 cm³/mol. The highest BCUT2D eigenvalue weighted by atomic mass is 35.5. The average molecular weight is 357 g/mol. The number of nitrogens with one attached hydrogen (secondary N) is 3. The minimum atomic E-state index is -0.656. The van der Waals surface area contributed by atoms with Crippen LogP contribution in [-0.2, 0) is 4.74 Å². The summed E-state index contributed by atoms with van der Waals surface area (Å²) in [4.78, 5) is 23.2. The third-order valence-electron chi connectivity index (χ3n) is 4.13. The highest BCUT2D eigenvalue weighted by Crippen LogP contribution is 2.28. The fraction of sp³-hybridized carbons (Fsp3) is 0.500. The van der Waals surface area contributed by atoms with Gasteiger partial charge in [-0.1, -0.05) is 6.07 Å². The molecule has 2 rings (SSSR count). The second kappa shape index (κ2) is 9.46. The SMILES string of the molecule is COCC1(CNC(=O)c2cccc(NC(N)=O)c2)CCNCC1.Cl. The minimum Gasteiger partial charge on any atom is -0.384 e. The number of amides is 3. The van der Waals surface area contributed by atoms with E-state index in [0.29, 0.717) is 24.4 Å². The van der Waals surface area contributed by atoms with Crippen LogP contribution >= 0.6 is 12.4 Å². The summed E-state index contributed by atoms with van der Waals surface area (Å²) in [5.74, 6) is -0.174. The monoisotopic (exact) mass is 356 g/mol. The fourth-order valence-electron chi connectivity index (χ4n) is 2.89. The summed E-state index contributed by atoms with van der Waals surface area (Å²) in [6.45, 7) is 3.04. The van der Waals surface area contributed by atoms with Crippen molar-refractivity contribution in [1.82, 2.24) is 10.6 Å². The molecule has 8 heteroatoms. The first kappa shape index (κ1) is 20.2. The Kier molecular flexibility index (Phi) is 7.97. The number of primary amides is 1. The van der Waals surface area contributed by atoms with Gasteiger partial charge in [0.05, 0.1) is 6.61 Å². The van der Waals surface area contributed by atoms with E-state index < -0.39 is 6.03 Å². The van der Waals surface area contributed by atoms with E-state index in [2.05, 4.69) is 16.0 Å². The number of hydrogen-bond acceptors (Lipinski definition) is 4. The summed E-state index contributed by atoms with van der Waals surface area (Å²) in [6.07, 6.45) is 1.93. The first-order valence-corrected chi connectivity index (χ1v) is 7.69. The molecule has 5 N–H and O–H groups in total. The van der Waals surface area contributed by atoms with Crippen molar-refractivity contribution in [2.45, 2.75) is 12.8 Å². The number of carbonyl (C=O) groups excluding carboxylic acids is 2. The Hall–Kier alpha value is -1.83. The number of methoxy groups -OCH3 is 1. The Morgan fingerprint density at radius 3 is 2.67 bits per heavy atom. The Morgan fingerprint density at radius 1 is 1.33 bits per heavy atom. The van der Waals surface area contributed by atoms with Crippen molar-refractivity contribution < 1.29 is 14.3 Å². The number of anilines is 1. The molecule has 0 spiro atoms. The van der Waals surface area contributed by atoms with Crippen LogP contribution in [0.1, 0.15) is 23.2 Å². The molecule has 1 heterocycles. The second-order valence-corrected chi connectivity index (χ2v) is 5.94. The first-order chi connectivity index (χ1) is 11.0. The summed E-state index contributed by atoms with van der Waals surface area (Å²) in [5.41, 5.74) is 6.04. The molecule has 0 aromatic heterocycles. The maximum atomic E-state index is 12.4. The van der Waals surface area contributed by atoms with E-state index in [-0.39, 0.29) is 23.7 Å². The van der Waals surface area contributed by atoms with Gasteiger partial charge in [-0.05, 0) is 44.1 Å². The predicted octanol–water partition coefficient (Wildman–Crippen LogP) is 1.34. The highest BCUT2D eigenvalue weighted by molar-refractivity contribution is 5.96. The summed E-state index contributed by atoms with van der Waals surface area (Å²) >= 11 is 0. The van der Waals surface area contributed by atoms with Gasteiger partial charge in [0.1, 0.15) is 0 Å². The molecule has 1 saturated heterocycles. The van der Waals surface area contributed by atoms with Gasteiger partial charge in [-0.3, -0.25) is 4.79 Å². The number of benzene rings is 1. The Balaban J connectivity index is 0.00000288. The van der Waals surface area contributed by atoms with Gasteiger partial charge in [0.25, 0.3) is 5.91 Å². The van der Waals surface area contributed by atoms with Crippen molar-refractivity contribution in [3.63, 3.8) is 0 Å². The number of nitrogens with two attached hydrogens (primary N) is 1. The normalized spacial score (nSPS) is 15.9. The van der Waals surface area contributed by atoms with Crippen molar-refractivity contribution in [3.8, 4) is 0 Å². The molecule has 3 amide bonds. The molecule has 24 heavy (non-hydrogen) atoms. The number of halogens is 1.